The van der Waals surface area contributed by atoms with E-state index in [1.54, 1.807) is 13.8 Å². The summed E-state index contributed by atoms with van der Waals surface area (Å²) in [6.45, 7) is 3.45. The van der Waals surface area contributed by atoms with E-state index in [9.17, 15) is 17.6 Å². The first kappa shape index (κ1) is 20.6. The molecule has 9 heteroatoms. The molecule has 26 heavy (non-hydrogen) atoms. The number of rotatable bonds is 5. The zero-order valence-corrected chi connectivity index (χ0v) is 16.6. The number of nitrogens with zero attached hydrogens (tertiary/aromatic N) is 1. The highest BCUT2D eigenvalue weighted by Crippen LogP contribution is 2.25. The number of carbonyl (C=O) groups excluding carboxylic acids is 1. The molecule has 5 nitrogen and oxygen atoms in total. The topological polar surface area (TPSA) is 66.5 Å². The molecule has 0 saturated carbocycles. The SMILES string of the molecule is CC(C)N(C)S(=O)(=O)c1ccc(Cl)c(C(=O)Nc2ccc(Cl)cc2F)c1. The minimum Gasteiger partial charge on any atom is -0.319 e. The Hall–Kier alpha value is -1.67. The molecule has 0 unspecified atom stereocenters. The second-order valence-electron chi connectivity index (χ2n) is 5.83. The summed E-state index contributed by atoms with van der Waals surface area (Å²) in [5.41, 5.74) is -0.178. The molecule has 1 amide bonds. The van der Waals surface area contributed by atoms with Gasteiger partial charge in [-0.25, -0.2) is 12.8 Å². The summed E-state index contributed by atoms with van der Waals surface area (Å²) >= 11 is 11.7. The summed E-state index contributed by atoms with van der Waals surface area (Å²) in [5.74, 6) is -1.45. The second kappa shape index (κ2) is 7.92. The highest BCUT2D eigenvalue weighted by Gasteiger charge is 2.25. The molecule has 0 atom stereocenters. The maximum Gasteiger partial charge on any atom is 0.257 e. The third-order valence-electron chi connectivity index (χ3n) is 3.77. The van der Waals surface area contributed by atoms with Gasteiger partial charge < -0.3 is 5.32 Å². The largest absolute Gasteiger partial charge is 0.319 e. The van der Waals surface area contributed by atoms with Crippen LogP contribution in [0.5, 0.6) is 0 Å². The fourth-order valence-corrected chi connectivity index (χ4v) is 3.82. The van der Waals surface area contributed by atoms with Crippen molar-refractivity contribution in [2.24, 2.45) is 0 Å². The monoisotopic (exact) mass is 418 g/mol. The van der Waals surface area contributed by atoms with Gasteiger partial charge in [0.05, 0.1) is 21.2 Å². The number of hydrogen-bond donors (Lipinski definition) is 1. The maximum atomic E-state index is 13.9. The highest BCUT2D eigenvalue weighted by atomic mass is 35.5. The molecule has 0 heterocycles. The van der Waals surface area contributed by atoms with Crippen LogP contribution in [-0.4, -0.2) is 31.7 Å². The van der Waals surface area contributed by atoms with E-state index in [0.717, 1.165) is 6.07 Å². The molecule has 2 aromatic rings. The van der Waals surface area contributed by atoms with Gasteiger partial charge in [0.25, 0.3) is 5.91 Å². The van der Waals surface area contributed by atoms with Crippen LogP contribution in [0.1, 0.15) is 24.2 Å². The van der Waals surface area contributed by atoms with Gasteiger partial charge >= 0.3 is 0 Å². The molecule has 0 bridgehead atoms. The summed E-state index contributed by atoms with van der Waals surface area (Å²) in [6, 6.07) is 7.30. The van der Waals surface area contributed by atoms with Gasteiger partial charge in [0.15, 0.2) is 0 Å². The van der Waals surface area contributed by atoms with Gasteiger partial charge in [-0.05, 0) is 50.2 Å². The summed E-state index contributed by atoms with van der Waals surface area (Å²) in [5, 5.41) is 2.59. The Morgan fingerprint density at radius 3 is 2.38 bits per heavy atom. The van der Waals surface area contributed by atoms with Crippen LogP contribution in [-0.2, 0) is 10.0 Å². The Kier molecular flexibility index (Phi) is 6.29. The molecular weight excluding hydrogens is 402 g/mol. The van der Waals surface area contributed by atoms with Crippen molar-refractivity contribution in [2.75, 3.05) is 12.4 Å². The lowest BCUT2D eigenvalue weighted by atomic mass is 10.2. The minimum absolute atomic E-state index is 0.0445. The molecular formula is C17H17Cl2FN2O3S. The van der Waals surface area contributed by atoms with E-state index in [1.165, 1.54) is 41.7 Å². The van der Waals surface area contributed by atoms with E-state index in [1.807, 2.05) is 0 Å². The number of sulfonamides is 1. The number of benzene rings is 2. The van der Waals surface area contributed by atoms with Gasteiger partial charge in [-0.1, -0.05) is 23.2 Å². The highest BCUT2D eigenvalue weighted by molar-refractivity contribution is 7.89. The summed E-state index contributed by atoms with van der Waals surface area (Å²) in [7, 11) is -2.35. The van der Waals surface area contributed by atoms with Crippen molar-refractivity contribution < 1.29 is 17.6 Å². The van der Waals surface area contributed by atoms with Crippen molar-refractivity contribution in [2.45, 2.75) is 24.8 Å². The molecule has 140 valence electrons. The maximum absolute atomic E-state index is 13.9. The third kappa shape index (κ3) is 4.35. The summed E-state index contributed by atoms with van der Waals surface area (Å²) in [4.78, 5) is 12.4. The van der Waals surface area contributed by atoms with E-state index in [0.29, 0.717) is 0 Å². The van der Waals surface area contributed by atoms with Crippen LogP contribution in [0.4, 0.5) is 10.1 Å². The van der Waals surface area contributed by atoms with Crippen LogP contribution in [0.3, 0.4) is 0 Å². The van der Waals surface area contributed by atoms with E-state index >= 15 is 0 Å². The van der Waals surface area contributed by atoms with Crippen LogP contribution in [0.15, 0.2) is 41.3 Å². The smallest absolute Gasteiger partial charge is 0.257 e. The Balaban J connectivity index is 2.39. The molecule has 0 aliphatic heterocycles. The van der Waals surface area contributed by atoms with Crippen LogP contribution in [0, 0.1) is 5.82 Å². The molecule has 2 aromatic carbocycles. The lowest BCUT2D eigenvalue weighted by Crippen LogP contribution is -2.33. The van der Waals surface area contributed by atoms with Crippen molar-refractivity contribution in [3.8, 4) is 0 Å². The number of nitrogens with one attached hydrogen (secondary N) is 1. The van der Waals surface area contributed by atoms with E-state index in [4.69, 9.17) is 23.2 Å². The number of halogens is 3. The van der Waals surface area contributed by atoms with Crippen LogP contribution in [0.2, 0.25) is 10.0 Å². The first-order valence-electron chi connectivity index (χ1n) is 7.58. The predicted octanol–water partition coefficient (Wildman–Crippen LogP) is 4.41. The second-order valence-corrected chi connectivity index (χ2v) is 8.68. The van der Waals surface area contributed by atoms with Gasteiger partial charge in [0.1, 0.15) is 5.82 Å². The quantitative estimate of drug-likeness (QED) is 0.781. The first-order chi connectivity index (χ1) is 12.0. The zero-order chi connectivity index (χ0) is 19.6. The number of hydrogen-bond acceptors (Lipinski definition) is 3. The first-order valence-corrected chi connectivity index (χ1v) is 9.77. The minimum atomic E-state index is -3.79. The average Bonchev–Trinajstić information content (AvgIpc) is 2.56. The Labute approximate surface area is 161 Å². The van der Waals surface area contributed by atoms with Gasteiger partial charge in [-0.3, -0.25) is 4.79 Å². The Bertz CT molecular complexity index is 949. The zero-order valence-electron chi connectivity index (χ0n) is 14.3. The van der Waals surface area contributed by atoms with Crippen LogP contribution >= 0.6 is 23.2 Å². The number of amides is 1. The molecule has 0 spiro atoms. The van der Waals surface area contributed by atoms with Crippen molar-refractivity contribution >= 4 is 44.8 Å². The summed E-state index contributed by atoms with van der Waals surface area (Å²) < 4.78 is 40.2. The fraction of sp³-hybridized carbons (Fsp3) is 0.235. The molecule has 2 rings (SSSR count). The van der Waals surface area contributed by atoms with Crippen molar-refractivity contribution in [1.82, 2.24) is 4.31 Å². The van der Waals surface area contributed by atoms with Crippen molar-refractivity contribution in [3.05, 3.63) is 57.8 Å². The lowest BCUT2D eigenvalue weighted by molar-refractivity contribution is 0.102. The van der Waals surface area contributed by atoms with E-state index in [-0.39, 0.29) is 32.2 Å². The average molecular weight is 419 g/mol. The Morgan fingerprint density at radius 2 is 1.81 bits per heavy atom. The molecule has 0 aliphatic carbocycles. The van der Waals surface area contributed by atoms with Crippen molar-refractivity contribution in [3.63, 3.8) is 0 Å². The standard InChI is InChI=1S/C17H17Cl2FN2O3S/c1-10(2)22(3)26(24,25)12-5-6-14(19)13(9-12)17(23)21-16-7-4-11(18)8-15(16)20/h4-10H,1-3H3,(H,21,23). The van der Waals surface area contributed by atoms with E-state index < -0.39 is 21.7 Å². The van der Waals surface area contributed by atoms with Gasteiger partial charge in [-0.2, -0.15) is 4.31 Å². The van der Waals surface area contributed by atoms with Gasteiger partial charge in [-0.15, -0.1) is 0 Å². The van der Waals surface area contributed by atoms with Crippen molar-refractivity contribution in [1.29, 1.82) is 0 Å². The fourth-order valence-electron chi connectivity index (χ4n) is 2.06. The number of anilines is 1. The van der Waals surface area contributed by atoms with E-state index in [2.05, 4.69) is 5.32 Å². The van der Waals surface area contributed by atoms with Crippen LogP contribution < -0.4 is 5.32 Å². The van der Waals surface area contributed by atoms with Gasteiger partial charge in [0.2, 0.25) is 10.0 Å². The molecule has 0 saturated heterocycles. The molecule has 1 N–H and O–H groups in total. The third-order valence-corrected chi connectivity index (χ3v) is 6.36. The normalized spacial score (nSPS) is 11.8. The molecule has 0 aliphatic rings. The van der Waals surface area contributed by atoms with Gasteiger partial charge in [0, 0.05) is 18.1 Å². The summed E-state index contributed by atoms with van der Waals surface area (Å²) in [6.07, 6.45) is 0. The predicted molar refractivity (Wildman–Crippen MR) is 101 cm³/mol. The van der Waals surface area contributed by atoms with Crippen LogP contribution in [0.25, 0.3) is 0 Å². The molecule has 0 radical (unpaired) electrons. The number of carbonyl (C=O) groups is 1. The molecule has 0 aromatic heterocycles. The Morgan fingerprint density at radius 1 is 1.15 bits per heavy atom. The lowest BCUT2D eigenvalue weighted by Gasteiger charge is -2.21. The molecule has 0 fully saturated rings.